The molecule has 10 heteroatoms. The smallest absolute Gasteiger partial charge is 0.232 e. The van der Waals surface area contributed by atoms with Crippen molar-refractivity contribution in [2.24, 2.45) is 0 Å². The Morgan fingerprint density at radius 1 is 1.14 bits per heavy atom. The van der Waals surface area contributed by atoms with Crippen molar-refractivity contribution in [1.82, 2.24) is 19.7 Å². The molecule has 2 unspecified atom stereocenters. The molecular weight excluding hydrogens is 383 g/mol. The number of halogens is 1. The molecule has 28 heavy (non-hydrogen) atoms. The highest BCUT2D eigenvalue weighted by atomic mass is 32.2. The molecule has 0 spiro atoms. The van der Waals surface area contributed by atoms with Gasteiger partial charge in [-0.3, -0.25) is 9.54 Å². The molecule has 146 valence electrons. The number of pyridine rings is 1. The van der Waals surface area contributed by atoms with Crippen LogP contribution in [0.5, 0.6) is 0 Å². The molecule has 0 amide bonds. The predicted octanol–water partition coefficient (Wildman–Crippen LogP) is 3.15. The van der Waals surface area contributed by atoms with Gasteiger partial charge in [-0.15, -0.1) is 0 Å². The highest BCUT2D eigenvalue weighted by Gasteiger charge is 2.10. The minimum atomic E-state index is -2.13. The average Bonchev–Trinajstić information content (AvgIpc) is 2.67. The molecule has 0 saturated carbocycles. The fraction of sp³-hybridized carbons (Fsp3) is 0.167. The molecule has 0 aliphatic carbocycles. The molecule has 2 atom stereocenters. The largest absolute Gasteiger partial charge is 0.363 e. The Hall–Kier alpha value is -2.95. The molecule has 3 aromatic rings. The molecule has 1 aromatic carbocycles. The average molecular weight is 402 g/mol. The van der Waals surface area contributed by atoms with Gasteiger partial charge in [-0.2, -0.15) is 0 Å². The third kappa shape index (κ3) is 5.78. The van der Waals surface area contributed by atoms with Crippen molar-refractivity contribution in [3.8, 4) is 0 Å². The summed E-state index contributed by atoms with van der Waals surface area (Å²) in [5, 5.41) is 6.31. The van der Waals surface area contributed by atoms with Crippen LogP contribution in [-0.4, -0.2) is 23.7 Å². The fourth-order valence-corrected chi connectivity index (χ4v) is 2.81. The van der Waals surface area contributed by atoms with E-state index in [9.17, 15) is 8.60 Å². The second-order valence-electron chi connectivity index (χ2n) is 5.95. The number of benzene rings is 1. The topological polar surface area (TPSA) is 112 Å². The summed E-state index contributed by atoms with van der Waals surface area (Å²) in [6, 6.07) is 9.58. The van der Waals surface area contributed by atoms with Crippen LogP contribution < -0.4 is 15.4 Å². The fourth-order valence-electron chi connectivity index (χ4n) is 2.52. The number of hydrogen-bond donors (Lipinski definition) is 4. The van der Waals surface area contributed by atoms with Crippen molar-refractivity contribution in [3.63, 3.8) is 0 Å². The highest BCUT2D eigenvalue weighted by Crippen LogP contribution is 2.22. The van der Waals surface area contributed by atoms with Crippen LogP contribution >= 0.6 is 0 Å². The van der Waals surface area contributed by atoms with Crippen LogP contribution in [0.1, 0.15) is 24.1 Å². The Morgan fingerprint density at radius 2 is 1.89 bits per heavy atom. The summed E-state index contributed by atoms with van der Waals surface area (Å²) in [4.78, 5) is 12.7. The van der Waals surface area contributed by atoms with Crippen molar-refractivity contribution < 1.29 is 13.2 Å². The van der Waals surface area contributed by atoms with Crippen molar-refractivity contribution >= 4 is 28.7 Å². The minimum absolute atomic E-state index is 0.132. The number of rotatable bonds is 8. The van der Waals surface area contributed by atoms with E-state index in [1.165, 1.54) is 12.1 Å². The van der Waals surface area contributed by atoms with Crippen LogP contribution in [0, 0.1) is 5.82 Å². The third-order valence-electron chi connectivity index (χ3n) is 3.84. The van der Waals surface area contributed by atoms with E-state index < -0.39 is 11.3 Å². The van der Waals surface area contributed by atoms with E-state index >= 15 is 0 Å². The molecule has 0 aliphatic heterocycles. The third-order valence-corrected chi connectivity index (χ3v) is 4.23. The van der Waals surface area contributed by atoms with Crippen LogP contribution in [0.15, 0.2) is 55.0 Å². The second kappa shape index (κ2) is 9.31. The first-order chi connectivity index (χ1) is 13.5. The molecule has 0 bridgehead atoms. The van der Waals surface area contributed by atoms with Crippen molar-refractivity contribution in [2.75, 3.05) is 10.6 Å². The molecular formula is C18H19FN6O2S. The number of aromatic nitrogens is 3. The number of nitrogens with zero attached hydrogens (tertiary/aromatic N) is 3. The van der Waals surface area contributed by atoms with Gasteiger partial charge in [0, 0.05) is 25.0 Å². The SMILES string of the molecule is CC(Nc1cc(CNS(=O)O)cc(Nc2cnccn2)n1)c1ccc(F)cc1. The molecule has 3 rings (SSSR count). The van der Waals surface area contributed by atoms with E-state index in [0.29, 0.717) is 17.5 Å². The van der Waals surface area contributed by atoms with Gasteiger partial charge in [-0.1, -0.05) is 12.1 Å². The Bertz CT molecular complexity index is 943. The molecule has 0 saturated heterocycles. The molecule has 8 nitrogen and oxygen atoms in total. The summed E-state index contributed by atoms with van der Waals surface area (Å²) in [5.41, 5.74) is 1.63. The molecule has 0 fully saturated rings. The lowest BCUT2D eigenvalue weighted by Crippen LogP contribution is -2.16. The van der Waals surface area contributed by atoms with Crippen LogP contribution in [0.3, 0.4) is 0 Å². The maximum atomic E-state index is 13.1. The zero-order valence-electron chi connectivity index (χ0n) is 15.0. The molecule has 2 heterocycles. The van der Waals surface area contributed by atoms with Crippen molar-refractivity contribution in [3.05, 3.63) is 71.9 Å². The van der Waals surface area contributed by atoms with Crippen LogP contribution in [-0.2, 0) is 17.8 Å². The molecule has 0 radical (unpaired) electrons. The first-order valence-corrected chi connectivity index (χ1v) is 9.50. The van der Waals surface area contributed by atoms with Crippen molar-refractivity contribution in [2.45, 2.75) is 19.5 Å². The number of anilines is 3. The summed E-state index contributed by atoms with van der Waals surface area (Å²) >= 11 is -2.13. The van der Waals surface area contributed by atoms with E-state index in [4.69, 9.17) is 4.55 Å². The zero-order chi connectivity index (χ0) is 19.9. The highest BCUT2D eigenvalue weighted by molar-refractivity contribution is 7.77. The Balaban J connectivity index is 1.83. The van der Waals surface area contributed by atoms with Gasteiger partial charge in [0.15, 0.2) is 0 Å². The molecule has 0 aliphatic rings. The molecule has 2 aromatic heterocycles. The van der Waals surface area contributed by atoms with Crippen LogP contribution in [0.25, 0.3) is 0 Å². The Morgan fingerprint density at radius 3 is 2.57 bits per heavy atom. The van der Waals surface area contributed by atoms with E-state index in [1.807, 2.05) is 6.92 Å². The zero-order valence-corrected chi connectivity index (χ0v) is 15.8. The van der Waals surface area contributed by atoms with Gasteiger partial charge < -0.3 is 10.6 Å². The quantitative estimate of drug-likeness (QED) is 0.428. The van der Waals surface area contributed by atoms with Gasteiger partial charge in [-0.25, -0.2) is 23.3 Å². The Kier molecular flexibility index (Phi) is 6.58. The maximum absolute atomic E-state index is 13.1. The lowest BCUT2D eigenvalue weighted by atomic mass is 10.1. The van der Waals surface area contributed by atoms with Crippen molar-refractivity contribution in [1.29, 1.82) is 0 Å². The monoisotopic (exact) mass is 402 g/mol. The van der Waals surface area contributed by atoms with E-state index in [2.05, 4.69) is 30.3 Å². The standard InChI is InChI=1S/C18H19FN6O2S/c1-12(14-2-4-15(19)5-3-14)23-16-8-13(10-22-28(26)27)9-17(24-16)25-18-11-20-6-7-21-18/h2-9,11-12,22H,10H2,1H3,(H,26,27)(H2,21,23,24,25). The number of nitrogens with one attached hydrogen (secondary N) is 3. The predicted molar refractivity (Wildman–Crippen MR) is 106 cm³/mol. The summed E-state index contributed by atoms with van der Waals surface area (Å²) in [7, 11) is 0. The normalized spacial score (nSPS) is 13.0. The lowest BCUT2D eigenvalue weighted by Gasteiger charge is -2.17. The summed E-state index contributed by atoms with van der Waals surface area (Å²) in [6.45, 7) is 2.10. The second-order valence-corrected chi connectivity index (χ2v) is 6.74. The van der Waals surface area contributed by atoms with E-state index in [-0.39, 0.29) is 18.4 Å². The van der Waals surface area contributed by atoms with Gasteiger partial charge in [0.2, 0.25) is 11.3 Å². The maximum Gasteiger partial charge on any atom is 0.232 e. The van der Waals surface area contributed by atoms with Gasteiger partial charge >= 0.3 is 0 Å². The van der Waals surface area contributed by atoms with Crippen LogP contribution in [0.2, 0.25) is 0 Å². The van der Waals surface area contributed by atoms with Gasteiger partial charge in [-0.05, 0) is 42.3 Å². The van der Waals surface area contributed by atoms with Gasteiger partial charge in [0.05, 0.1) is 6.20 Å². The molecule has 4 N–H and O–H groups in total. The number of hydrogen-bond acceptors (Lipinski definition) is 6. The van der Waals surface area contributed by atoms with Crippen LogP contribution in [0.4, 0.5) is 21.8 Å². The van der Waals surface area contributed by atoms with E-state index in [0.717, 1.165) is 11.1 Å². The summed E-state index contributed by atoms with van der Waals surface area (Å²) < 4.78 is 35.5. The summed E-state index contributed by atoms with van der Waals surface area (Å²) in [6.07, 6.45) is 4.68. The Labute approximate surface area is 164 Å². The first kappa shape index (κ1) is 19.8. The van der Waals surface area contributed by atoms with Gasteiger partial charge in [0.25, 0.3) is 0 Å². The first-order valence-electron chi connectivity index (χ1n) is 8.40. The minimum Gasteiger partial charge on any atom is -0.363 e. The van der Waals surface area contributed by atoms with Gasteiger partial charge in [0.1, 0.15) is 23.3 Å². The lowest BCUT2D eigenvalue weighted by molar-refractivity contribution is 0.548. The van der Waals surface area contributed by atoms with E-state index in [1.54, 1.807) is 42.9 Å². The summed E-state index contributed by atoms with van der Waals surface area (Å²) in [5.74, 6) is 1.27.